The van der Waals surface area contributed by atoms with E-state index in [9.17, 15) is 4.39 Å². The minimum atomic E-state index is -0.248. The largest absolute Gasteiger partial charge is 0.491 e. The first-order valence-electron chi connectivity index (χ1n) is 6.10. The number of halogens is 1. The van der Waals surface area contributed by atoms with Crippen LogP contribution in [0.4, 0.5) is 4.39 Å². The molecule has 0 radical (unpaired) electrons. The van der Waals surface area contributed by atoms with Crippen molar-refractivity contribution < 1.29 is 9.13 Å². The van der Waals surface area contributed by atoms with Crippen molar-refractivity contribution in [2.75, 3.05) is 6.61 Å². The lowest BCUT2D eigenvalue weighted by Gasteiger charge is -2.08. The first-order chi connectivity index (χ1) is 8.19. The molecule has 0 atom stereocenters. The third-order valence-electron chi connectivity index (χ3n) is 2.94. The number of benzene rings is 1. The van der Waals surface area contributed by atoms with Gasteiger partial charge < -0.3 is 9.30 Å². The van der Waals surface area contributed by atoms with Crippen LogP contribution in [0, 0.1) is 12.7 Å². The van der Waals surface area contributed by atoms with Gasteiger partial charge in [-0.25, -0.2) is 4.39 Å². The van der Waals surface area contributed by atoms with Gasteiger partial charge in [0.15, 0.2) is 11.6 Å². The van der Waals surface area contributed by atoms with Crippen LogP contribution in [-0.4, -0.2) is 11.2 Å². The average Bonchev–Trinajstić information content (AvgIpc) is 2.62. The summed E-state index contributed by atoms with van der Waals surface area (Å²) in [7, 11) is 0. The summed E-state index contributed by atoms with van der Waals surface area (Å²) in [6.45, 7) is 7.39. The SMILES string of the molecule is CCCn1c(C)cc2c(F)c(OCC)ccc21. The van der Waals surface area contributed by atoms with Crippen molar-refractivity contribution in [1.82, 2.24) is 4.57 Å². The Kier molecular flexibility index (Phi) is 3.36. The van der Waals surface area contributed by atoms with Crippen molar-refractivity contribution in [1.29, 1.82) is 0 Å². The molecule has 2 aromatic rings. The standard InChI is InChI=1S/C14H18FNO/c1-4-8-16-10(3)9-11-12(16)6-7-13(14(11)15)17-5-2/h6-7,9H,4-5,8H2,1-3H3. The van der Waals surface area contributed by atoms with E-state index in [0.717, 1.165) is 24.2 Å². The van der Waals surface area contributed by atoms with E-state index in [0.29, 0.717) is 17.7 Å². The van der Waals surface area contributed by atoms with Crippen LogP contribution >= 0.6 is 0 Å². The van der Waals surface area contributed by atoms with Gasteiger partial charge in [0, 0.05) is 17.6 Å². The predicted molar refractivity (Wildman–Crippen MR) is 68.1 cm³/mol. The normalized spacial score (nSPS) is 11.1. The van der Waals surface area contributed by atoms with E-state index < -0.39 is 0 Å². The lowest BCUT2D eigenvalue weighted by molar-refractivity contribution is 0.323. The van der Waals surface area contributed by atoms with Gasteiger partial charge in [-0.15, -0.1) is 0 Å². The average molecular weight is 235 g/mol. The van der Waals surface area contributed by atoms with Gasteiger partial charge in [-0.2, -0.15) is 0 Å². The van der Waals surface area contributed by atoms with Gasteiger partial charge in [0.25, 0.3) is 0 Å². The van der Waals surface area contributed by atoms with E-state index in [1.54, 1.807) is 6.07 Å². The third kappa shape index (κ3) is 2.02. The monoisotopic (exact) mass is 235 g/mol. The molecule has 2 nitrogen and oxygen atoms in total. The number of aromatic nitrogens is 1. The van der Waals surface area contributed by atoms with Crippen LogP contribution in [0.5, 0.6) is 5.75 Å². The maximum Gasteiger partial charge on any atom is 0.174 e. The van der Waals surface area contributed by atoms with Gasteiger partial charge in [0.1, 0.15) is 0 Å². The van der Waals surface area contributed by atoms with E-state index in [-0.39, 0.29) is 5.82 Å². The van der Waals surface area contributed by atoms with Gasteiger partial charge in [-0.05, 0) is 38.5 Å². The third-order valence-corrected chi connectivity index (χ3v) is 2.94. The van der Waals surface area contributed by atoms with Gasteiger partial charge in [-0.1, -0.05) is 6.92 Å². The zero-order chi connectivity index (χ0) is 12.4. The van der Waals surface area contributed by atoms with E-state index in [1.165, 1.54) is 0 Å². The maximum absolute atomic E-state index is 14.2. The summed E-state index contributed by atoms with van der Waals surface area (Å²) >= 11 is 0. The number of nitrogens with zero attached hydrogens (tertiary/aromatic N) is 1. The van der Waals surface area contributed by atoms with Crippen LogP contribution < -0.4 is 4.74 Å². The fourth-order valence-corrected chi connectivity index (χ4v) is 2.20. The smallest absolute Gasteiger partial charge is 0.174 e. The lowest BCUT2D eigenvalue weighted by atomic mass is 10.2. The second-order valence-electron chi connectivity index (χ2n) is 4.18. The molecule has 1 heterocycles. The lowest BCUT2D eigenvalue weighted by Crippen LogP contribution is -1.99. The first-order valence-corrected chi connectivity index (χ1v) is 6.10. The molecule has 0 fully saturated rings. The van der Waals surface area contributed by atoms with Crippen molar-refractivity contribution in [3.63, 3.8) is 0 Å². The Balaban J connectivity index is 2.59. The summed E-state index contributed by atoms with van der Waals surface area (Å²) in [5.41, 5.74) is 2.04. The van der Waals surface area contributed by atoms with Gasteiger partial charge in [-0.3, -0.25) is 0 Å². The highest BCUT2D eigenvalue weighted by molar-refractivity contribution is 5.83. The molecule has 0 unspecified atom stereocenters. The molecule has 1 aromatic carbocycles. The minimum absolute atomic E-state index is 0.248. The molecule has 1 aromatic heterocycles. The minimum Gasteiger partial charge on any atom is -0.491 e. The fraction of sp³-hybridized carbons (Fsp3) is 0.429. The molecule has 0 aliphatic rings. The van der Waals surface area contributed by atoms with Crippen LogP contribution in [0.2, 0.25) is 0 Å². The second kappa shape index (κ2) is 4.78. The summed E-state index contributed by atoms with van der Waals surface area (Å²) in [5, 5.41) is 0.655. The van der Waals surface area contributed by atoms with Crippen LogP contribution in [0.25, 0.3) is 10.9 Å². The van der Waals surface area contributed by atoms with Crippen LogP contribution in [0.1, 0.15) is 26.0 Å². The summed E-state index contributed by atoms with van der Waals surface area (Å²) in [5.74, 6) is 0.0935. The van der Waals surface area contributed by atoms with Gasteiger partial charge >= 0.3 is 0 Å². The Hall–Kier alpha value is -1.51. The summed E-state index contributed by atoms with van der Waals surface area (Å²) in [6, 6.07) is 5.54. The molecular formula is C14H18FNO. The van der Waals surface area contributed by atoms with Gasteiger partial charge in [0.05, 0.1) is 12.1 Å². The highest BCUT2D eigenvalue weighted by Gasteiger charge is 2.13. The van der Waals surface area contributed by atoms with E-state index >= 15 is 0 Å². The zero-order valence-electron chi connectivity index (χ0n) is 10.6. The topological polar surface area (TPSA) is 14.2 Å². The number of fused-ring (bicyclic) bond motifs is 1. The molecule has 92 valence electrons. The first kappa shape index (κ1) is 12.0. The molecular weight excluding hydrogens is 217 g/mol. The molecule has 0 saturated carbocycles. The Morgan fingerprint density at radius 2 is 2.06 bits per heavy atom. The number of ether oxygens (including phenoxy) is 1. The number of hydrogen-bond donors (Lipinski definition) is 0. The van der Waals surface area contributed by atoms with Crippen molar-refractivity contribution in [3.05, 3.63) is 29.7 Å². The fourth-order valence-electron chi connectivity index (χ4n) is 2.20. The summed E-state index contributed by atoms with van der Waals surface area (Å²) < 4.78 is 21.6. The molecule has 2 rings (SSSR count). The van der Waals surface area contributed by atoms with E-state index in [1.807, 2.05) is 26.0 Å². The number of aryl methyl sites for hydroxylation is 2. The Morgan fingerprint density at radius 3 is 2.71 bits per heavy atom. The molecule has 0 N–H and O–H groups in total. The summed E-state index contributed by atoms with van der Waals surface area (Å²) in [4.78, 5) is 0. The summed E-state index contributed by atoms with van der Waals surface area (Å²) in [6.07, 6.45) is 1.04. The molecule has 0 saturated heterocycles. The Morgan fingerprint density at radius 1 is 1.29 bits per heavy atom. The predicted octanol–water partition coefficient (Wildman–Crippen LogP) is 3.90. The van der Waals surface area contributed by atoms with Crippen LogP contribution in [0.3, 0.4) is 0 Å². The molecule has 0 aliphatic carbocycles. The van der Waals surface area contributed by atoms with E-state index in [2.05, 4.69) is 11.5 Å². The van der Waals surface area contributed by atoms with Crippen molar-refractivity contribution >= 4 is 10.9 Å². The van der Waals surface area contributed by atoms with Crippen molar-refractivity contribution in [2.45, 2.75) is 33.7 Å². The maximum atomic E-state index is 14.2. The molecule has 0 amide bonds. The number of hydrogen-bond acceptors (Lipinski definition) is 1. The number of rotatable bonds is 4. The molecule has 17 heavy (non-hydrogen) atoms. The Labute approximate surface area is 101 Å². The van der Waals surface area contributed by atoms with Crippen LogP contribution in [0.15, 0.2) is 18.2 Å². The second-order valence-corrected chi connectivity index (χ2v) is 4.18. The van der Waals surface area contributed by atoms with Gasteiger partial charge in [0.2, 0.25) is 0 Å². The highest BCUT2D eigenvalue weighted by atomic mass is 19.1. The quantitative estimate of drug-likeness (QED) is 0.784. The molecule has 0 spiro atoms. The zero-order valence-corrected chi connectivity index (χ0v) is 10.6. The van der Waals surface area contributed by atoms with Crippen molar-refractivity contribution in [2.24, 2.45) is 0 Å². The van der Waals surface area contributed by atoms with Crippen molar-refractivity contribution in [3.8, 4) is 5.75 Å². The molecule has 0 aliphatic heterocycles. The molecule has 3 heteroatoms. The highest BCUT2D eigenvalue weighted by Crippen LogP contribution is 2.29. The molecule has 0 bridgehead atoms. The van der Waals surface area contributed by atoms with Crippen LogP contribution in [-0.2, 0) is 6.54 Å². The van der Waals surface area contributed by atoms with E-state index in [4.69, 9.17) is 4.74 Å². The Bertz CT molecular complexity index is 530.